The van der Waals surface area contributed by atoms with Crippen molar-refractivity contribution in [3.63, 3.8) is 0 Å². The van der Waals surface area contributed by atoms with Crippen LogP contribution < -0.4 is 15.8 Å². The number of thiocarbonyl (C=S) groups is 1. The van der Waals surface area contributed by atoms with E-state index in [1.54, 1.807) is 0 Å². The zero-order valence-electron chi connectivity index (χ0n) is 12.0. The van der Waals surface area contributed by atoms with Gasteiger partial charge in [-0.25, -0.2) is 0 Å². The number of carbonyl (C=O) groups excluding carboxylic acids is 1. The summed E-state index contributed by atoms with van der Waals surface area (Å²) < 4.78 is 5.43. The molecule has 1 rings (SSSR count). The maximum absolute atomic E-state index is 11.6. The van der Waals surface area contributed by atoms with Crippen molar-refractivity contribution >= 4 is 23.1 Å². The summed E-state index contributed by atoms with van der Waals surface area (Å²) in [6.45, 7) is 4.11. The molecule has 0 heterocycles. The molecule has 0 bridgehead atoms. The van der Waals surface area contributed by atoms with Crippen molar-refractivity contribution < 1.29 is 9.53 Å². The third-order valence-electron chi connectivity index (χ3n) is 2.80. The molecule has 0 saturated carbocycles. The van der Waals surface area contributed by atoms with Crippen LogP contribution in [0.5, 0.6) is 5.75 Å². The summed E-state index contributed by atoms with van der Waals surface area (Å²) in [5.74, 6) is 0.563. The van der Waals surface area contributed by atoms with Gasteiger partial charge in [0.05, 0.1) is 4.99 Å². The normalized spacial score (nSPS) is 11.7. The molecule has 0 radical (unpaired) electrons. The number of nitrogens with two attached hydrogens (primary N) is 1. The standard InChI is InChI=1S/C15H22N2O2S/c1-3-4-11(2)17-15(18)10-19-13-7-5-12(6-8-13)9-14(16)20/h5-8,11H,3-4,9-10H2,1-2H3,(H2,16,20)(H,17,18). The van der Waals surface area contributed by atoms with Gasteiger partial charge < -0.3 is 15.8 Å². The lowest BCUT2D eigenvalue weighted by molar-refractivity contribution is -0.123. The molecule has 0 aromatic heterocycles. The third-order valence-corrected chi connectivity index (χ3v) is 2.95. The van der Waals surface area contributed by atoms with Crippen LogP contribution in [0.15, 0.2) is 24.3 Å². The van der Waals surface area contributed by atoms with Crippen molar-refractivity contribution in [3.8, 4) is 5.75 Å². The number of amides is 1. The van der Waals surface area contributed by atoms with Gasteiger partial charge in [-0.1, -0.05) is 37.7 Å². The Balaban J connectivity index is 2.38. The number of carbonyl (C=O) groups is 1. The molecule has 20 heavy (non-hydrogen) atoms. The van der Waals surface area contributed by atoms with E-state index in [0.29, 0.717) is 17.2 Å². The summed E-state index contributed by atoms with van der Waals surface area (Å²) >= 11 is 4.85. The highest BCUT2D eigenvalue weighted by atomic mass is 32.1. The van der Waals surface area contributed by atoms with Crippen molar-refractivity contribution in [1.29, 1.82) is 0 Å². The second-order valence-corrected chi connectivity index (χ2v) is 5.36. The molecule has 1 aromatic rings. The lowest BCUT2D eigenvalue weighted by Gasteiger charge is -2.13. The quantitative estimate of drug-likeness (QED) is 0.721. The monoisotopic (exact) mass is 294 g/mol. The predicted octanol–water partition coefficient (Wildman–Crippen LogP) is 2.20. The maximum Gasteiger partial charge on any atom is 0.258 e. The maximum atomic E-state index is 11.6. The fraction of sp³-hybridized carbons (Fsp3) is 0.467. The summed E-state index contributed by atoms with van der Waals surface area (Å²) in [6.07, 6.45) is 2.59. The van der Waals surface area contributed by atoms with Crippen LogP contribution in [0.2, 0.25) is 0 Å². The molecule has 1 amide bonds. The largest absolute Gasteiger partial charge is 0.484 e. The van der Waals surface area contributed by atoms with Gasteiger partial charge in [0.15, 0.2) is 6.61 Å². The molecule has 1 atom stereocenters. The van der Waals surface area contributed by atoms with Crippen LogP contribution in [0, 0.1) is 0 Å². The van der Waals surface area contributed by atoms with Crippen LogP contribution in [-0.4, -0.2) is 23.5 Å². The minimum absolute atomic E-state index is 0.0305. The highest BCUT2D eigenvalue weighted by molar-refractivity contribution is 7.80. The van der Waals surface area contributed by atoms with Gasteiger partial charge in [-0.05, 0) is 31.0 Å². The van der Waals surface area contributed by atoms with Crippen molar-refractivity contribution in [2.75, 3.05) is 6.61 Å². The Kier molecular flexibility index (Phi) is 7.01. The van der Waals surface area contributed by atoms with E-state index in [2.05, 4.69) is 12.2 Å². The van der Waals surface area contributed by atoms with E-state index < -0.39 is 0 Å². The first-order valence-electron chi connectivity index (χ1n) is 6.80. The Labute approximate surface area is 125 Å². The van der Waals surface area contributed by atoms with Crippen LogP contribution >= 0.6 is 12.2 Å². The van der Waals surface area contributed by atoms with Gasteiger partial charge in [-0.2, -0.15) is 0 Å². The van der Waals surface area contributed by atoms with Crippen LogP contribution in [0.1, 0.15) is 32.3 Å². The highest BCUT2D eigenvalue weighted by Gasteiger charge is 2.07. The minimum atomic E-state index is -0.0989. The lowest BCUT2D eigenvalue weighted by Crippen LogP contribution is -2.35. The number of hydrogen-bond donors (Lipinski definition) is 2. The zero-order chi connectivity index (χ0) is 15.0. The van der Waals surface area contributed by atoms with Crippen LogP contribution in [0.3, 0.4) is 0 Å². The molecule has 0 spiro atoms. The van der Waals surface area contributed by atoms with Gasteiger partial charge in [0.2, 0.25) is 0 Å². The fourth-order valence-corrected chi connectivity index (χ4v) is 2.04. The van der Waals surface area contributed by atoms with Crippen molar-refractivity contribution in [1.82, 2.24) is 5.32 Å². The van der Waals surface area contributed by atoms with Gasteiger partial charge in [0.25, 0.3) is 5.91 Å². The molecule has 0 aliphatic rings. The van der Waals surface area contributed by atoms with Crippen LogP contribution in [0.4, 0.5) is 0 Å². The Bertz CT molecular complexity index is 446. The van der Waals surface area contributed by atoms with E-state index >= 15 is 0 Å². The van der Waals surface area contributed by atoms with E-state index in [1.807, 2.05) is 31.2 Å². The van der Waals surface area contributed by atoms with Gasteiger partial charge in [0, 0.05) is 12.5 Å². The van der Waals surface area contributed by atoms with Crippen molar-refractivity contribution in [2.45, 2.75) is 39.2 Å². The van der Waals surface area contributed by atoms with E-state index in [-0.39, 0.29) is 18.6 Å². The summed E-state index contributed by atoms with van der Waals surface area (Å²) in [5.41, 5.74) is 6.51. The smallest absolute Gasteiger partial charge is 0.258 e. The number of ether oxygens (including phenoxy) is 1. The van der Waals surface area contributed by atoms with Gasteiger partial charge in [-0.3, -0.25) is 4.79 Å². The average molecular weight is 294 g/mol. The topological polar surface area (TPSA) is 64.3 Å². The summed E-state index contributed by atoms with van der Waals surface area (Å²) in [5, 5.41) is 2.89. The predicted molar refractivity (Wildman–Crippen MR) is 84.9 cm³/mol. The average Bonchev–Trinajstić information content (AvgIpc) is 2.37. The highest BCUT2D eigenvalue weighted by Crippen LogP contribution is 2.12. The lowest BCUT2D eigenvalue weighted by atomic mass is 10.1. The van der Waals surface area contributed by atoms with Crippen LogP contribution in [0.25, 0.3) is 0 Å². The van der Waals surface area contributed by atoms with Crippen molar-refractivity contribution in [3.05, 3.63) is 29.8 Å². The Morgan fingerprint density at radius 2 is 2.05 bits per heavy atom. The third kappa shape index (κ3) is 6.52. The molecule has 0 aliphatic carbocycles. The molecule has 3 N–H and O–H groups in total. The molecule has 5 heteroatoms. The van der Waals surface area contributed by atoms with E-state index in [1.165, 1.54) is 0 Å². The Morgan fingerprint density at radius 1 is 1.40 bits per heavy atom. The molecular weight excluding hydrogens is 272 g/mol. The number of rotatable bonds is 8. The Morgan fingerprint density at radius 3 is 2.60 bits per heavy atom. The molecule has 1 unspecified atom stereocenters. The summed E-state index contributed by atoms with van der Waals surface area (Å²) in [4.78, 5) is 12.1. The second-order valence-electron chi connectivity index (χ2n) is 4.83. The molecule has 4 nitrogen and oxygen atoms in total. The molecule has 0 aliphatic heterocycles. The second kappa shape index (κ2) is 8.53. The Hall–Kier alpha value is -1.62. The summed E-state index contributed by atoms with van der Waals surface area (Å²) in [6, 6.07) is 7.61. The molecule has 0 saturated heterocycles. The molecule has 1 aromatic carbocycles. The number of benzene rings is 1. The van der Waals surface area contributed by atoms with Gasteiger partial charge in [0.1, 0.15) is 5.75 Å². The van der Waals surface area contributed by atoms with Gasteiger partial charge in [-0.15, -0.1) is 0 Å². The first-order valence-corrected chi connectivity index (χ1v) is 7.21. The first kappa shape index (κ1) is 16.4. The zero-order valence-corrected chi connectivity index (χ0v) is 12.8. The molecular formula is C15H22N2O2S. The minimum Gasteiger partial charge on any atom is -0.484 e. The number of hydrogen-bond acceptors (Lipinski definition) is 3. The molecule has 0 fully saturated rings. The van der Waals surface area contributed by atoms with Crippen molar-refractivity contribution in [2.24, 2.45) is 5.73 Å². The van der Waals surface area contributed by atoms with E-state index in [4.69, 9.17) is 22.7 Å². The SMILES string of the molecule is CCCC(C)NC(=O)COc1ccc(CC(N)=S)cc1. The first-order chi connectivity index (χ1) is 9.51. The van der Waals surface area contributed by atoms with Gasteiger partial charge >= 0.3 is 0 Å². The van der Waals surface area contributed by atoms with E-state index in [9.17, 15) is 4.79 Å². The molecule has 110 valence electrons. The van der Waals surface area contributed by atoms with E-state index in [0.717, 1.165) is 18.4 Å². The van der Waals surface area contributed by atoms with Crippen LogP contribution in [-0.2, 0) is 11.2 Å². The fourth-order valence-electron chi connectivity index (χ4n) is 1.88. The summed E-state index contributed by atoms with van der Waals surface area (Å²) in [7, 11) is 0. The number of nitrogens with one attached hydrogen (secondary N) is 1.